The largest absolute Gasteiger partial charge is 0.309 e. The monoisotopic (exact) mass is 1340 g/mol. The Labute approximate surface area is 608 Å². The predicted molar refractivity (Wildman–Crippen MR) is 445 cm³/mol. The first-order chi connectivity index (χ1) is 51.8. The summed E-state index contributed by atoms with van der Waals surface area (Å²) in [6.07, 6.45) is 0. The Bertz CT molecular complexity index is 7080. The van der Waals surface area contributed by atoms with E-state index < -0.39 is 0 Å². The molecule has 17 aromatic carbocycles. The van der Waals surface area contributed by atoms with Gasteiger partial charge in [-0.15, -0.1) is 0 Å². The lowest BCUT2D eigenvalue weighted by atomic mass is 9.81. The molecular formula is C101H68N4. The summed E-state index contributed by atoms with van der Waals surface area (Å²) in [7, 11) is 0. The van der Waals surface area contributed by atoms with Gasteiger partial charge < -0.3 is 18.3 Å². The quantitative estimate of drug-likeness (QED) is 0.135. The minimum absolute atomic E-state index is 0.0181. The second kappa shape index (κ2) is 23.8. The first-order valence-corrected chi connectivity index (χ1v) is 36.5. The molecule has 0 aliphatic heterocycles. The van der Waals surface area contributed by atoms with Crippen molar-refractivity contribution in [1.82, 2.24) is 18.3 Å². The van der Waals surface area contributed by atoms with Gasteiger partial charge in [-0.1, -0.05) is 269 Å². The summed E-state index contributed by atoms with van der Waals surface area (Å²) in [5.74, 6) is 0. The van der Waals surface area contributed by atoms with E-state index in [1.54, 1.807) is 0 Å². The maximum Gasteiger partial charge on any atom is 0.0547 e. The molecule has 4 nitrogen and oxygen atoms in total. The molecule has 1 aliphatic carbocycles. The van der Waals surface area contributed by atoms with E-state index in [0.29, 0.717) is 0 Å². The standard InChI is InChI=1S/C51H36N2.C50H32N2/c1-51(2)45-17-9-6-14-39(45)40-27-22-35(31-46(40)51)33-20-25-38(26-21-33)52-48-19-11-8-16-42(48)44-30-34(24-29-49(44)52)36-23-28-43-41-15-7-10-18-47(41)53(50(43)32-36)37-12-4-3-5-13-37;1-2-13-37(14-3-1)52-47-20-10-8-18-42(47)44-28-24-35(32-50(44)52)34-25-29-49-46(30-34)43-19-9-11-21-48(43)51(49)38-26-22-33(23-27-38)45-31-36-12-4-5-15-39(36)40-16-6-7-17-41(40)45/h3-32H,1-2H3;1-32H. The normalized spacial score (nSPS) is 12.6. The molecule has 4 heterocycles. The van der Waals surface area contributed by atoms with Crippen molar-refractivity contribution in [1.29, 1.82) is 0 Å². The Kier molecular flexibility index (Phi) is 13.6. The van der Waals surface area contributed by atoms with E-state index in [0.717, 1.165) is 11.4 Å². The summed E-state index contributed by atoms with van der Waals surface area (Å²) in [6, 6.07) is 138. The van der Waals surface area contributed by atoms with Crippen molar-refractivity contribution in [2.45, 2.75) is 19.3 Å². The molecule has 0 fully saturated rings. The van der Waals surface area contributed by atoms with Crippen LogP contribution in [0, 0.1) is 0 Å². The summed E-state index contributed by atoms with van der Waals surface area (Å²) in [6.45, 7) is 4.70. The molecule has 0 saturated carbocycles. The molecule has 105 heavy (non-hydrogen) atoms. The number of nitrogens with zero attached hydrogens (tertiary/aromatic N) is 4. The number of aromatic nitrogens is 4. The molecule has 0 bridgehead atoms. The summed E-state index contributed by atoms with van der Waals surface area (Å²) < 4.78 is 9.61. The second-order valence-electron chi connectivity index (χ2n) is 28.7. The van der Waals surface area contributed by atoms with Gasteiger partial charge in [-0.25, -0.2) is 0 Å². The molecule has 0 amide bonds. The topological polar surface area (TPSA) is 19.7 Å². The maximum atomic E-state index is 2.41. The van der Waals surface area contributed by atoms with Crippen molar-refractivity contribution in [2.24, 2.45) is 0 Å². The molecule has 0 saturated heterocycles. The van der Waals surface area contributed by atoms with E-state index >= 15 is 0 Å². The van der Waals surface area contributed by atoms with E-state index in [1.165, 1.54) is 187 Å². The number of benzene rings is 17. The van der Waals surface area contributed by atoms with Crippen LogP contribution in [0.1, 0.15) is 25.0 Å². The Morgan fingerprint density at radius 2 is 0.505 bits per heavy atom. The number of rotatable bonds is 8. The van der Waals surface area contributed by atoms with Crippen LogP contribution in [0.15, 0.2) is 376 Å². The first-order valence-electron chi connectivity index (χ1n) is 36.5. The minimum atomic E-state index is -0.0181. The molecule has 4 aromatic heterocycles. The molecule has 0 spiro atoms. The van der Waals surface area contributed by atoms with Crippen LogP contribution in [0.25, 0.3) is 187 Å². The van der Waals surface area contributed by atoms with Gasteiger partial charge in [0.1, 0.15) is 0 Å². The fraction of sp³-hybridized carbons (Fsp3) is 0.0297. The highest BCUT2D eigenvalue weighted by Gasteiger charge is 2.35. The molecule has 21 aromatic rings. The van der Waals surface area contributed by atoms with Crippen molar-refractivity contribution < 1.29 is 0 Å². The lowest BCUT2D eigenvalue weighted by molar-refractivity contribution is 0.660. The highest BCUT2D eigenvalue weighted by atomic mass is 15.0. The van der Waals surface area contributed by atoms with Crippen LogP contribution in [-0.4, -0.2) is 18.3 Å². The van der Waals surface area contributed by atoms with Crippen LogP contribution >= 0.6 is 0 Å². The molecule has 0 N–H and O–H groups in total. The van der Waals surface area contributed by atoms with Gasteiger partial charge in [-0.3, -0.25) is 0 Å². The lowest BCUT2D eigenvalue weighted by Crippen LogP contribution is -2.14. The zero-order valence-corrected chi connectivity index (χ0v) is 58.1. The number of hydrogen-bond donors (Lipinski definition) is 0. The third-order valence-corrected chi connectivity index (χ3v) is 22.6. The third-order valence-electron chi connectivity index (χ3n) is 22.6. The van der Waals surface area contributed by atoms with Crippen molar-refractivity contribution in [3.8, 4) is 78.4 Å². The summed E-state index contributed by atoms with van der Waals surface area (Å²) in [5, 5.41) is 15.2. The molecule has 1 aliphatic rings. The molecule has 0 unspecified atom stereocenters. The Balaban J connectivity index is 0.000000135. The van der Waals surface area contributed by atoms with Gasteiger partial charge >= 0.3 is 0 Å². The van der Waals surface area contributed by atoms with E-state index in [2.05, 4.69) is 408 Å². The van der Waals surface area contributed by atoms with Crippen molar-refractivity contribution in [3.63, 3.8) is 0 Å². The van der Waals surface area contributed by atoms with Gasteiger partial charge in [0, 0.05) is 71.3 Å². The zero-order valence-electron chi connectivity index (χ0n) is 58.1. The number of para-hydroxylation sites is 6. The van der Waals surface area contributed by atoms with Crippen LogP contribution in [0.4, 0.5) is 0 Å². The average Bonchev–Trinajstić information content (AvgIpc) is 1.65. The Hall–Kier alpha value is -13.5. The molecule has 492 valence electrons. The summed E-state index contributed by atoms with van der Waals surface area (Å²) in [5.41, 5.74) is 29.7. The van der Waals surface area contributed by atoms with Gasteiger partial charge in [-0.05, 0) is 210 Å². The fourth-order valence-electron chi connectivity index (χ4n) is 17.6. The minimum Gasteiger partial charge on any atom is -0.309 e. The van der Waals surface area contributed by atoms with Crippen molar-refractivity contribution >= 4 is 109 Å². The van der Waals surface area contributed by atoms with Crippen molar-refractivity contribution in [3.05, 3.63) is 387 Å². The van der Waals surface area contributed by atoms with E-state index in [1.807, 2.05) is 0 Å². The third kappa shape index (κ3) is 9.54. The van der Waals surface area contributed by atoms with Gasteiger partial charge in [-0.2, -0.15) is 0 Å². The van der Waals surface area contributed by atoms with Crippen LogP contribution in [0.2, 0.25) is 0 Å². The van der Waals surface area contributed by atoms with E-state index in [4.69, 9.17) is 0 Å². The highest BCUT2D eigenvalue weighted by molar-refractivity contribution is 6.16. The van der Waals surface area contributed by atoms with Gasteiger partial charge in [0.25, 0.3) is 0 Å². The Morgan fingerprint density at radius 3 is 1.03 bits per heavy atom. The van der Waals surface area contributed by atoms with Crippen LogP contribution in [0.5, 0.6) is 0 Å². The Morgan fingerprint density at radius 1 is 0.171 bits per heavy atom. The summed E-state index contributed by atoms with van der Waals surface area (Å²) >= 11 is 0. The first kappa shape index (κ1) is 60.2. The smallest absolute Gasteiger partial charge is 0.0547 e. The van der Waals surface area contributed by atoms with Gasteiger partial charge in [0.05, 0.1) is 44.1 Å². The average molecular weight is 1340 g/mol. The molecule has 22 rings (SSSR count). The second-order valence-corrected chi connectivity index (χ2v) is 28.7. The van der Waals surface area contributed by atoms with Crippen molar-refractivity contribution in [2.75, 3.05) is 0 Å². The lowest BCUT2D eigenvalue weighted by Gasteiger charge is -2.22. The fourth-order valence-corrected chi connectivity index (χ4v) is 17.6. The van der Waals surface area contributed by atoms with E-state index in [9.17, 15) is 0 Å². The molecular weight excluding hydrogens is 1270 g/mol. The summed E-state index contributed by atoms with van der Waals surface area (Å²) in [4.78, 5) is 0. The maximum absolute atomic E-state index is 2.41. The number of fused-ring (bicyclic) bond motifs is 18. The van der Waals surface area contributed by atoms with Gasteiger partial charge in [0.15, 0.2) is 0 Å². The zero-order chi connectivity index (χ0) is 69.4. The number of hydrogen-bond acceptors (Lipinski definition) is 0. The highest BCUT2D eigenvalue weighted by Crippen LogP contribution is 2.50. The molecule has 0 radical (unpaired) electrons. The van der Waals surface area contributed by atoms with E-state index in [-0.39, 0.29) is 5.41 Å². The van der Waals surface area contributed by atoms with Crippen LogP contribution < -0.4 is 0 Å². The SMILES string of the molecule is CC1(C)c2ccccc2-c2ccc(-c3ccc(-n4c5ccccc5c5cc(-c6ccc7c8ccccc8n(-c8ccccc8)c7c6)ccc54)cc3)cc21.c1ccc(-n2c3ccccc3c3ccc(-c4ccc5c(c4)c4ccccc4n5-c4ccc(-c5cc6ccccc6c6ccccc56)cc4)cc32)cc1. The molecule has 4 heteroatoms. The van der Waals surface area contributed by atoms with Gasteiger partial charge in [0.2, 0.25) is 0 Å². The van der Waals surface area contributed by atoms with Crippen LogP contribution in [-0.2, 0) is 5.41 Å². The predicted octanol–water partition coefficient (Wildman–Crippen LogP) is 27.0. The molecule has 0 atom stereocenters. The van der Waals surface area contributed by atoms with Crippen LogP contribution in [0.3, 0.4) is 0 Å².